The number of amides is 1. The summed E-state index contributed by atoms with van der Waals surface area (Å²) in [5.41, 5.74) is 1.62. The van der Waals surface area contributed by atoms with Gasteiger partial charge in [0.05, 0.1) is 11.7 Å². The highest BCUT2D eigenvalue weighted by Crippen LogP contribution is 2.43. The Morgan fingerprint density at radius 2 is 1.89 bits per heavy atom. The van der Waals surface area contributed by atoms with Crippen LogP contribution in [0.25, 0.3) is 11.5 Å². The van der Waals surface area contributed by atoms with Gasteiger partial charge in [-0.3, -0.25) is 9.78 Å². The van der Waals surface area contributed by atoms with E-state index in [9.17, 15) is 27.5 Å². The fourth-order valence-electron chi connectivity index (χ4n) is 4.95. The molecule has 184 valence electrons. The molecule has 2 atom stereocenters. The Hall–Kier alpha value is -3.34. The number of benzene rings is 1. The molecule has 0 bridgehead atoms. The van der Waals surface area contributed by atoms with E-state index in [1.807, 2.05) is 0 Å². The molecule has 3 heterocycles. The van der Waals surface area contributed by atoms with Gasteiger partial charge in [-0.05, 0) is 48.6 Å². The average molecular weight is 490 g/mol. The molecule has 1 amide bonds. The molecule has 35 heavy (non-hydrogen) atoms. The molecular formula is C24H22F4N4O3. The molecule has 7 nitrogen and oxygen atoms in total. The van der Waals surface area contributed by atoms with Gasteiger partial charge in [0.25, 0.3) is 11.8 Å². The second-order valence-corrected chi connectivity index (χ2v) is 8.93. The fraction of sp³-hybridized carbons (Fsp3) is 0.417. The van der Waals surface area contributed by atoms with E-state index >= 15 is 0 Å². The lowest BCUT2D eigenvalue weighted by atomic mass is 9.79. The van der Waals surface area contributed by atoms with Crippen LogP contribution < -0.4 is 0 Å². The van der Waals surface area contributed by atoms with E-state index < -0.39 is 36.3 Å². The van der Waals surface area contributed by atoms with Gasteiger partial charge in [0.15, 0.2) is 0 Å². The van der Waals surface area contributed by atoms with Crippen molar-refractivity contribution in [2.75, 3.05) is 0 Å². The van der Waals surface area contributed by atoms with Gasteiger partial charge in [0.1, 0.15) is 6.10 Å². The quantitative estimate of drug-likeness (QED) is 0.492. The summed E-state index contributed by atoms with van der Waals surface area (Å²) in [6, 6.07) is 9.01. The summed E-state index contributed by atoms with van der Waals surface area (Å²) < 4.78 is 58.4. The van der Waals surface area contributed by atoms with E-state index in [0.29, 0.717) is 22.4 Å². The first-order valence-electron chi connectivity index (χ1n) is 11.3. The molecule has 0 saturated heterocycles. The van der Waals surface area contributed by atoms with Crippen LogP contribution in [-0.4, -0.2) is 43.1 Å². The van der Waals surface area contributed by atoms with Crippen molar-refractivity contribution in [1.29, 1.82) is 0 Å². The van der Waals surface area contributed by atoms with Gasteiger partial charge in [-0.1, -0.05) is 12.1 Å². The Balaban J connectivity index is 1.46. The summed E-state index contributed by atoms with van der Waals surface area (Å²) in [5, 5.41) is 18.2. The maximum Gasteiger partial charge on any atom is 0.314 e. The zero-order chi connectivity index (χ0) is 24.7. The molecule has 11 heteroatoms. The number of carbonyl (C=O) groups is 1. The zero-order valence-corrected chi connectivity index (χ0v) is 18.5. The molecule has 1 aliphatic carbocycles. The predicted octanol–water partition coefficient (Wildman–Crippen LogP) is 4.95. The van der Waals surface area contributed by atoms with E-state index in [1.165, 1.54) is 17.2 Å². The minimum atomic E-state index is -2.92. The molecule has 2 aromatic heterocycles. The smallest absolute Gasteiger partial charge is 0.314 e. The van der Waals surface area contributed by atoms with E-state index in [4.69, 9.17) is 4.42 Å². The lowest BCUT2D eigenvalue weighted by Crippen LogP contribution is -2.47. The molecule has 2 aliphatic rings. The van der Waals surface area contributed by atoms with Crippen molar-refractivity contribution >= 4 is 5.91 Å². The number of aromatic nitrogens is 3. The average Bonchev–Trinajstić information content (AvgIpc) is 3.46. The Morgan fingerprint density at radius 3 is 2.54 bits per heavy atom. The van der Waals surface area contributed by atoms with Gasteiger partial charge in [0, 0.05) is 36.7 Å². The Bertz CT molecular complexity index is 1210. The van der Waals surface area contributed by atoms with Crippen LogP contribution in [0.5, 0.6) is 0 Å². The van der Waals surface area contributed by atoms with Gasteiger partial charge in [-0.25, -0.2) is 8.78 Å². The molecule has 1 aliphatic heterocycles. The number of fused-ring (bicyclic) bond motifs is 1. The molecule has 0 unspecified atom stereocenters. The summed E-state index contributed by atoms with van der Waals surface area (Å²) in [7, 11) is 0. The largest absolute Gasteiger partial charge is 0.415 e. The second kappa shape index (κ2) is 9.03. The highest BCUT2D eigenvalue weighted by Gasteiger charge is 2.45. The Morgan fingerprint density at radius 1 is 1.11 bits per heavy atom. The maximum atomic E-state index is 13.9. The number of hydrogen-bond donors (Lipinski definition) is 1. The number of hydrogen-bond acceptors (Lipinski definition) is 6. The third-order valence-corrected chi connectivity index (χ3v) is 6.74. The number of pyridine rings is 1. The third-order valence-electron chi connectivity index (χ3n) is 6.74. The number of aliphatic hydroxyl groups is 1. The molecular weight excluding hydrogens is 468 g/mol. The molecule has 5 rings (SSSR count). The number of carbonyl (C=O) groups excluding carboxylic acids is 1. The Labute approximate surface area is 197 Å². The van der Waals surface area contributed by atoms with Crippen molar-refractivity contribution in [3.8, 4) is 11.5 Å². The van der Waals surface area contributed by atoms with E-state index in [-0.39, 0.29) is 44.0 Å². The molecule has 1 fully saturated rings. The van der Waals surface area contributed by atoms with Crippen LogP contribution in [-0.2, 0) is 6.54 Å². The lowest BCUT2D eigenvalue weighted by molar-refractivity contribution is -0.0680. The predicted molar refractivity (Wildman–Crippen MR) is 114 cm³/mol. The SMILES string of the molecule is O=C1c2cc(-c3nnc(C(F)F)o3)ccc2CN1[C@H](C1CCC(F)(F)CC1)[C@@H](O)c1ccccn1. The van der Waals surface area contributed by atoms with Crippen molar-refractivity contribution in [2.45, 2.75) is 56.7 Å². The molecule has 0 radical (unpaired) electrons. The van der Waals surface area contributed by atoms with Crippen LogP contribution in [0.1, 0.15) is 65.7 Å². The molecule has 3 aromatic rings. The van der Waals surface area contributed by atoms with Gasteiger partial charge in [0.2, 0.25) is 11.8 Å². The monoisotopic (exact) mass is 490 g/mol. The molecule has 0 spiro atoms. The van der Waals surface area contributed by atoms with Gasteiger partial charge in [-0.2, -0.15) is 8.78 Å². The molecule has 1 N–H and O–H groups in total. The van der Waals surface area contributed by atoms with Gasteiger partial charge >= 0.3 is 6.43 Å². The fourth-order valence-corrected chi connectivity index (χ4v) is 4.95. The minimum absolute atomic E-state index is 0.145. The van der Waals surface area contributed by atoms with Gasteiger partial charge in [-0.15, -0.1) is 10.2 Å². The number of alkyl halides is 4. The van der Waals surface area contributed by atoms with Crippen LogP contribution in [0, 0.1) is 5.92 Å². The van der Waals surface area contributed by atoms with Crippen molar-refractivity contribution in [3.63, 3.8) is 0 Å². The van der Waals surface area contributed by atoms with Crippen LogP contribution >= 0.6 is 0 Å². The first-order valence-corrected chi connectivity index (χ1v) is 11.3. The van der Waals surface area contributed by atoms with Crippen LogP contribution in [0.4, 0.5) is 17.6 Å². The zero-order valence-electron chi connectivity index (χ0n) is 18.5. The minimum Gasteiger partial charge on any atom is -0.415 e. The maximum absolute atomic E-state index is 13.9. The highest BCUT2D eigenvalue weighted by atomic mass is 19.3. The van der Waals surface area contributed by atoms with Crippen molar-refractivity contribution in [1.82, 2.24) is 20.1 Å². The highest BCUT2D eigenvalue weighted by molar-refractivity contribution is 5.99. The third kappa shape index (κ3) is 4.52. The van der Waals surface area contributed by atoms with Crippen LogP contribution in [0.2, 0.25) is 0 Å². The summed E-state index contributed by atoms with van der Waals surface area (Å²) in [6.45, 7) is 0.169. The standard InChI is InChI=1S/C24H22F4N4O3/c25-20(26)22-31-30-21(35-22)14-4-5-15-12-32(23(34)16(15)11-14)18(13-6-8-24(27,28)9-7-13)19(33)17-3-1-2-10-29-17/h1-5,10-11,13,18-20,33H,6-9,12H2/t18-,19+/m1/s1. The number of aliphatic hydroxyl groups excluding tert-OH is 1. The topological polar surface area (TPSA) is 92.4 Å². The van der Waals surface area contributed by atoms with E-state index in [2.05, 4.69) is 15.2 Å². The number of halogens is 4. The normalized spacial score (nSPS) is 19.7. The number of nitrogens with zero attached hydrogens (tertiary/aromatic N) is 4. The first kappa shape index (κ1) is 23.4. The molecule has 1 saturated carbocycles. The molecule has 1 aromatic carbocycles. The van der Waals surface area contributed by atoms with Crippen molar-refractivity contribution in [3.05, 3.63) is 65.3 Å². The first-order chi connectivity index (χ1) is 16.7. The summed E-state index contributed by atoms with van der Waals surface area (Å²) in [5.74, 6) is -4.47. The van der Waals surface area contributed by atoms with E-state index in [1.54, 1.807) is 30.3 Å². The van der Waals surface area contributed by atoms with E-state index in [0.717, 1.165) is 0 Å². The Kier molecular flexibility index (Phi) is 6.04. The van der Waals surface area contributed by atoms with Crippen molar-refractivity contribution < 1.29 is 31.9 Å². The summed E-state index contributed by atoms with van der Waals surface area (Å²) >= 11 is 0. The lowest BCUT2D eigenvalue weighted by Gasteiger charge is -2.40. The second-order valence-electron chi connectivity index (χ2n) is 8.93. The van der Waals surface area contributed by atoms with Crippen LogP contribution in [0.15, 0.2) is 47.0 Å². The van der Waals surface area contributed by atoms with Crippen molar-refractivity contribution in [2.24, 2.45) is 5.92 Å². The summed E-state index contributed by atoms with van der Waals surface area (Å²) in [4.78, 5) is 19.2. The summed E-state index contributed by atoms with van der Waals surface area (Å²) in [6.07, 6.45) is -2.88. The van der Waals surface area contributed by atoms with Crippen LogP contribution in [0.3, 0.4) is 0 Å². The van der Waals surface area contributed by atoms with Gasteiger partial charge < -0.3 is 14.4 Å². The number of rotatable bonds is 6.